The number of hydrogen-bond acceptors (Lipinski definition) is 4. The average molecular weight is 479 g/mol. The molecule has 0 spiro atoms. The Morgan fingerprint density at radius 3 is 2.32 bits per heavy atom. The van der Waals surface area contributed by atoms with Gasteiger partial charge in [0.15, 0.2) is 6.10 Å². The third-order valence-corrected chi connectivity index (χ3v) is 7.74. The zero-order valence-corrected chi connectivity index (χ0v) is 20.7. The van der Waals surface area contributed by atoms with Gasteiger partial charge in [-0.3, -0.25) is 9.10 Å². The highest BCUT2D eigenvalue weighted by Crippen LogP contribution is 2.40. The molecular formula is C27H30N2O4S. The standard InChI is InChI=1S/C27H30N2O4S/c1-5-19-11-14-21(15-12-19)28-26(30)25-18-29(34(31,32)22-9-7-6-8-10-22)23-17-20(27(2,3)4)13-16-24(23)33-25/h6-17,25H,5,18H2,1-4H3,(H,28,30)/t25-/m1/s1. The SMILES string of the molecule is CCc1ccc(NC(=O)[C@H]2CN(S(=O)(=O)c3ccccc3)c3cc(C(C)(C)C)ccc3O2)cc1. The van der Waals surface area contributed by atoms with Crippen LogP contribution in [0.15, 0.2) is 77.7 Å². The van der Waals surface area contributed by atoms with Crippen molar-refractivity contribution in [3.05, 3.63) is 83.9 Å². The van der Waals surface area contributed by atoms with Gasteiger partial charge in [0.25, 0.3) is 15.9 Å². The number of fused-ring (bicyclic) bond motifs is 1. The van der Waals surface area contributed by atoms with E-state index in [1.165, 1.54) is 4.31 Å². The second-order valence-corrected chi connectivity index (χ2v) is 11.3. The molecule has 0 radical (unpaired) electrons. The number of aryl methyl sites for hydroxylation is 1. The third kappa shape index (κ3) is 4.80. The summed E-state index contributed by atoms with van der Waals surface area (Å²) in [7, 11) is -3.91. The van der Waals surface area contributed by atoms with Gasteiger partial charge in [-0.05, 0) is 59.4 Å². The van der Waals surface area contributed by atoms with E-state index in [4.69, 9.17) is 4.74 Å². The highest BCUT2D eigenvalue weighted by Gasteiger charge is 2.38. The van der Waals surface area contributed by atoms with Crippen LogP contribution in [-0.2, 0) is 26.7 Å². The van der Waals surface area contributed by atoms with Gasteiger partial charge in [0, 0.05) is 5.69 Å². The first kappa shape index (κ1) is 23.8. The topological polar surface area (TPSA) is 75.7 Å². The Bertz CT molecular complexity index is 1280. The molecule has 0 aliphatic carbocycles. The minimum Gasteiger partial charge on any atom is -0.476 e. The summed E-state index contributed by atoms with van der Waals surface area (Å²) in [5, 5.41) is 2.86. The Hall–Kier alpha value is -3.32. The van der Waals surface area contributed by atoms with E-state index in [0.717, 1.165) is 17.5 Å². The van der Waals surface area contributed by atoms with Crippen molar-refractivity contribution in [2.75, 3.05) is 16.2 Å². The quantitative estimate of drug-likeness (QED) is 0.551. The zero-order valence-electron chi connectivity index (χ0n) is 19.9. The van der Waals surface area contributed by atoms with E-state index in [0.29, 0.717) is 17.1 Å². The first-order chi connectivity index (χ1) is 16.1. The minimum absolute atomic E-state index is 0.128. The summed E-state index contributed by atoms with van der Waals surface area (Å²) in [5.74, 6) is -0.0386. The van der Waals surface area contributed by atoms with E-state index in [-0.39, 0.29) is 16.9 Å². The Balaban J connectivity index is 1.71. The number of amides is 1. The van der Waals surface area contributed by atoms with Gasteiger partial charge in [-0.2, -0.15) is 0 Å². The zero-order chi connectivity index (χ0) is 24.5. The third-order valence-electron chi connectivity index (χ3n) is 5.95. The Kier molecular flexibility index (Phi) is 6.41. The average Bonchev–Trinajstić information content (AvgIpc) is 2.83. The summed E-state index contributed by atoms with van der Waals surface area (Å²) >= 11 is 0. The van der Waals surface area contributed by atoms with Crippen LogP contribution in [0.3, 0.4) is 0 Å². The van der Waals surface area contributed by atoms with Gasteiger partial charge in [-0.15, -0.1) is 0 Å². The lowest BCUT2D eigenvalue weighted by Gasteiger charge is -2.36. The van der Waals surface area contributed by atoms with Crippen molar-refractivity contribution in [1.29, 1.82) is 0 Å². The van der Waals surface area contributed by atoms with Crippen molar-refractivity contribution in [3.8, 4) is 5.75 Å². The molecule has 1 amide bonds. The number of hydrogen-bond donors (Lipinski definition) is 1. The smallest absolute Gasteiger partial charge is 0.267 e. The molecule has 1 aliphatic heterocycles. The summed E-state index contributed by atoms with van der Waals surface area (Å²) in [6.45, 7) is 8.13. The molecule has 1 aliphatic rings. The summed E-state index contributed by atoms with van der Waals surface area (Å²) in [6, 6.07) is 21.3. The molecule has 34 heavy (non-hydrogen) atoms. The van der Waals surface area contributed by atoms with Gasteiger partial charge in [0.1, 0.15) is 5.75 Å². The van der Waals surface area contributed by atoms with Crippen molar-refractivity contribution in [1.82, 2.24) is 0 Å². The van der Waals surface area contributed by atoms with Gasteiger partial charge in [-0.1, -0.05) is 64.1 Å². The molecule has 0 aromatic heterocycles. The lowest BCUT2D eigenvalue weighted by molar-refractivity contribution is -0.122. The van der Waals surface area contributed by atoms with Crippen LogP contribution in [0.5, 0.6) is 5.75 Å². The van der Waals surface area contributed by atoms with Crippen molar-refractivity contribution in [2.24, 2.45) is 0 Å². The van der Waals surface area contributed by atoms with Crippen LogP contribution in [-0.4, -0.2) is 27.0 Å². The molecule has 4 rings (SSSR count). The van der Waals surface area contributed by atoms with E-state index in [2.05, 4.69) is 33.0 Å². The van der Waals surface area contributed by atoms with Crippen LogP contribution in [0.1, 0.15) is 38.8 Å². The molecular weight excluding hydrogens is 448 g/mol. The molecule has 7 heteroatoms. The first-order valence-corrected chi connectivity index (χ1v) is 12.8. The van der Waals surface area contributed by atoms with Gasteiger partial charge in [-0.25, -0.2) is 8.42 Å². The number of carbonyl (C=O) groups excluding carboxylic acids is 1. The Morgan fingerprint density at radius 2 is 1.71 bits per heavy atom. The summed E-state index contributed by atoms with van der Waals surface area (Å²) in [5.41, 5.74) is 3.03. The number of nitrogens with one attached hydrogen (secondary N) is 1. The maximum absolute atomic E-state index is 13.6. The summed E-state index contributed by atoms with van der Waals surface area (Å²) in [6.07, 6.45) is -0.100. The van der Waals surface area contributed by atoms with Gasteiger partial charge >= 0.3 is 0 Å². The number of sulfonamides is 1. The van der Waals surface area contributed by atoms with E-state index in [9.17, 15) is 13.2 Å². The van der Waals surface area contributed by atoms with Crippen molar-refractivity contribution < 1.29 is 17.9 Å². The first-order valence-electron chi connectivity index (χ1n) is 11.4. The fourth-order valence-electron chi connectivity index (χ4n) is 3.85. The number of nitrogens with zero attached hydrogens (tertiary/aromatic N) is 1. The molecule has 178 valence electrons. The molecule has 3 aromatic carbocycles. The molecule has 0 unspecified atom stereocenters. The molecule has 3 aromatic rings. The predicted octanol–water partition coefficient (Wildman–Crippen LogP) is 5.14. The monoisotopic (exact) mass is 478 g/mol. The highest BCUT2D eigenvalue weighted by atomic mass is 32.2. The molecule has 0 saturated heterocycles. The predicted molar refractivity (Wildman–Crippen MR) is 135 cm³/mol. The number of benzene rings is 3. The molecule has 1 atom stereocenters. The molecule has 6 nitrogen and oxygen atoms in total. The highest BCUT2D eigenvalue weighted by molar-refractivity contribution is 7.92. The van der Waals surface area contributed by atoms with E-state index < -0.39 is 22.0 Å². The van der Waals surface area contributed by atoms with Crippen molar-refractivity contribution >= 4 is 27.3 Å². The lowest BCUT2D eigenvalue weighted by Crippen LogP contribution is -2.49. The number of ether oxygens (including phenoxy) is 1. The number of carbonyl (C=O) groups is 1. The molecule has 0 fully saturated rings. The van der Waals surface area contributed by atoms with Gasteiger partial charge in [0.2, 0.25) is 0 Å². The van der Waals surface area contributed by atoms with E-state index in [1.54, 1.807) is 36.4 Å². The number of rotatable bonds is 5. The van der Waals surface area contributed by atoms with Crippen LogP contribution in [0, 0.1) is 0 Å². The van der Waals surface area contributed by atoms with Crippen molar-refractivity contribution in [3.63, 3.8) is 0 Å². The van der Waals surface area contributed by atoms with Crippen LogP contribution < -0.4 is 14.4 Å². The van der Waals surface area contributed by atoms with Gasteiger partial charge < -0.3 is 10.1 Å². The molecule has 0 bridgehead atoms. The fraction of sp³-hybridized carbons (Fsp3) is 0.296. The maximum Gasteiger partial charge on any atom is 0.267 e. The lowest BCUT2D eigenvalue weighted by atomic mass is 9.86. The Labute approximate surface area is 201 Å². The van der Waals surface area contributed by atoms with Crippen LogP contribution in [0.4, 0.5) is 11.4 Å². The van der Waals surface area contributed by atoms with E-state index >= 15 is 0 Å². The second kappa shape index (κ2) is 9.14. The maximum atomic E-state index is 13.6. The molecule has 1 heterocycles. The largest absolute Gasteiger partial charge is 0.476 e. The van der Waals surface area contributed by atoms with Crippen LogP contribution in [0.25, 0.3) is 0 Å². The summed E-state index contributed by atoms with van der Waals surface area (Å²) < 4.78 is 34.6. The fourth-order valence-corrected chi connectivity index (χ4v) is 5.34. The molecule has 0 saturated carbocycles. The van der Waals surface area contributed by atoms with Crippen LogP contribution in [0.2, 0.25) is 0 Å². The number of anilines is 2. The minimum atomic E-state index is -3.91. The van der Waals surface area contributed by atoms with Crippen molar-refractivity contribution in [2.45, 2.75) is 50.5 Å². The second-order valence-electron chi connectivity index (χ2n) is 9.43. The Morgan fingerprint density at radius 1 is 1.03 bits per heavy atom. The van der Waals surface area contributed by atoms with E-state index in [1.807, 2.05) is 36.4 Å². The normalized spacial score (nSPS) is 15.9. The van der Waals surface area contributed by atoms with Gasteiger partial charge in [0.05, 0.1) is 17.1 Å². The molecule has 1 N–H and O–H groups in total. The summed E-state index contributed by atoms with van der Waals surface area (Å²) in [4.78, 5) is 13.3. The van der Waals surface area contributed by atoms with Crippen LogP contribution >= 0.6 is 0 Å².